The molecule has 1 aliphatic carbocycles. The average Bonchev–Trinajstić information content (AvgIpc) is 2.43. The van der Waals surface area contributed by atoms with Gasteiger partial charge in [0, 0.05) is 22.3 Å². The van der Waals surface area contributed by atoms with E-state index in [1.54, 1.807) is 18.2 Å². The minimum atomic E-state index is -0.0596. The Labute approximate surface area is 122 Å². The second-order valence-corrected chi connectivity index (χ2v) is 5.70. The number of carbonyl (C=O) groups is 1. The molecule has 0 aliphatic heterocycles. The molecule has 0 unspecified atom stereocenters. The molecule has 102 valence electrons. The van der Waals surface area contributed by atoms with Gasteiger partial charge in [-0.1, -0.05) is 11.6 Å². The van der Waals surface area contributed by atoms with Crippen molar-refractivity contribution in [3.63, 3.8) is 0 Å². The van der Waals surface area contributed by atoms with Gasteiger partial charge in [-0.25, -0.2) is 0 Å². The molecule has 2 rings (SSSR count). The third-order valence-corrected chi connectivity index (χ3v) is 4.10. The van der Waals surface area contributed by atoms with E-state index in [2.05, 4.69) is 27.3 Å². The van der Waals surface area contributed by atoms with Crippen LogP contribution in [-0.4, -0.2) is 12.5 Å². The highest BCUT2D eigenvalue weighted by atomic mass is 79.9. The quantitative estimate of drug-likeness (QED) is 0.656. The number of allylic oxidation sites excluding steroid dienone is 1. The molecular formula is C15H19BrN2O. The number of halogens is 1. The van der Waals surface area contributed by atoms with Gasteiger partial charge in [0.05, 0.1) is 0 Å². The van der Waals surface area contributed by atoms with Gasteiger partial charge >= 0.3 is 0 Å². The predicted molar refractivity (Wildman–Crippen MR) is 82.1 cm³/mol. The average molecular weight is 323 g/mol. The first-order valence-electron chi connectivity index (χ1n) is 6.68. The number of amides is 1. The van der Waals surface area contributed by atoms with Gasteiger partial charge in [-0.2, -0.15) is 0 Å². The molecule has 0 radical (unpaired) electrons. The van der Waals surface area contributed by atoms with Crippen LogP contribution in [-0.2, 0) is 0 Å². The van der Waals surface area contributed by atoms with Crippen LogP contribution in [0.3, 0.4) is 0 Å². The zero-order chi connectivity index (χ0) is 13.7. The number of nitrogens with two attached hydrogens (primary N) is 1. The molecule has 3 N–H and O–H groups in total. The molecule has 0 saturated heterocycles. The zero-order valence-electron chi connectivity index (χ0n) is 10.9. The van der Waals surface area contributed by atoms with Gasteiger partial charge in [0.2, 0.25) is 0 Å². The fraction of sp³-hybridized carbons (Fsp3) is 0.400. The van der Waals surface area contributed by atoms with Crippen molar-refractivity contribution in [2.45, 2.75) is 32.1 Å². The molecule has 0 fully saturated rings. The van der Waals surface area contributed by atoms with E-state index in [9.17, 15) is 4.79 Å². The number of rotatable bonds is 4. The summed E-state index contributed by atoms with van der Waals surface area (Å²) >= 11 is 3.32. The first-order chi connectivity index (χ1) is 9.16. The molecule has 3 nitrogen and oxygen atoms in total. The normalized spacial score (nSPS) is 14.9. The van der Waals surface area contributed by atoms with E-state index in [0.717, 1.165) is 10.9 Å². The van der Waals surface area contributed by atoms with Crippen LogP contribution < -0.4 is 11.1 Å². The Morgan fingerprint density at radius 2 is 2.21 bits per heavy atom. The van der Waals surface area contributed by atoms with Crippen molar-refractivity contribution in [1.82, 2.24) is 5.32 Å². The molecule has 1 aromatic rings. The third kappa shape index (κ3) is 4.10. The summed E-state index contributed by atoms with van der Waals surface area (Å²) < 4.78 is 0.816. The molecule has 19 heavy (non-hydrogen) atoms. The fourth-order valence-electron chi connectivity index (χ4n) is 2.26. The number of carbonyl (C=O) groups excluding carboxylic acids is 1. The third-order valence-electron chi connectivity index (χ3n) is 3.37. The molecule has 1 amide bonds. The van der Waals surface area contributed by atoms with E-state index in [4.69, 9.17) is 5.73 Å². The molecule has 0 aromatic heterocycles. The maximum Gasteiger partial charge on any atom is 0.251 e. The van der Waals surface area contributed by atoms with Crippen molar-refractivity contribution in [3.05, 3.63) is 39.9 Å². The lowest BCUT2D eigenvalue weighted by atomic mass is 9.97. The summed E-state index contributed by atoms with van der Waals surface area (Å²) in [6, 6.07) is 5.27. The second-order valence-electron chi connectivity index (χ2n) is 4.85. The van der Waals surface area contributed by atoms with Crippen LogP contribution in [0.15, 0.2) is 34.3 Å². The van der Waals surface area contributed by atoms with Gasteiger partial charge in [-0.05, 0) is 66.2 Å². The molecule has 0 spiro atoms. The number of hydrogen-bond donors (Lipinski definition) is 2. The van der Waals surface area contributed by atoms with Gasteiger partial charge in [-0.3, -0.25) is 4.79 Å². The Bertz CT molecular complexity index is 497. The summed E-state index contributed by atoms with van der Waals surface area (Å²) in [4.78, 5) is 11.9. The SMILES string of the molecule is Nc1cc(C(=O)NCCC2=CCCCC2)ccc1Br. The number of benzene rings is 1. The summed E-state index contributed by atoms with van der Waals surface area (Å²) in [5.41, 5.74) is 8.44. The molecule has 0 bridgehead atoms. The summed E-state index contributed by atoms with van der Waals surface area (Å²) in [5.74, 6) is -0.0596. The van der Waals surface area contributed by atoms with Gasteiger partial charge in [0.15, 0.2) is 0 Å². The molecule has 1 aromatic carbocycles. The van der Waals surface area contributed by atoms with Crippen molar-refractivity contribution < 1.29 is 4.79 Å². The highest BCUT2D eigenvalue weighted by molar-refractivity contribution is 9.10. The molecule has 0 atom stereocenters. The van der Waals surface area contributed by atoms with Crippen LogP contribution in [0.5, 0.6) is 0 Å². The highest BCUT2D eigenvalue weighted by Crippen LogP contribution is 2.21. The van der Waals surface area contributed by atoms with E-state index >= 15 is 0 Å². The van der Waals surface area contributed by atoms with Crippen LogP contribution in [0.2, 0.25) is 0 Å². The minimum absolute atomic E-state index is 0.0596. The van der Waals surface area contributed by atoms with Crippen LogP contribution in [0, 0.1) is 0 Å². The molecule has 4 heteroatoms. The summed E-state index contributed by atoms with van der Waals surface area (Å²) in [5, 5.41) is 2.94. The molecule has 0 heterocycles. The van der Waals surface area contributed by atoms with Crippen molar-refractivity contribution in [3.8, 4) is 0 Å². The minimum Gasteiger partial charge on any atom is -0.398 e. The standard InChI is InChI=1S/C15H19BrN2O/c16-13-7-6-12(10-14(13)17)15(19)18-9-8-11-4-2-1-3-5-11/h4,6-7,10H,1-3,5,8-9,17H2,(H,18,19). The Morgan fingerprint density at radius 1 is 1.37 bits per heavy atom. The Hall–Kier alpha value is -1.29. The number of nitrogens with one attached hydrogen (secondary N) is 1. The van der Waals surface area contributed by atoms with Gasteiger partial charge in [0.1, 0.15) is 0 Å². The number of nitrogen functional groups attached to an aromatic ring is 1. The lowest BCUT2D eigenvalue weighted by molar-refractivity contribution is 0.0954. The summed E-state index contributed by atoms with van der Waals surface area (Å²) in [6.45, 7) is 0.695. The largest absolute Gasteiger partial charge is 0.398 e. The lowest BCUT2D eigenvalue weighted by Crippen LogP contribution is -2.25. The molecule has 0 saturated carbocycles. The first kappa shape index (κ1) is 14.1. The maximum atomic E-state index is 11.9. The monoisotopic (exact) mass is 322 g/mol. The summed E-state index contributed by atoms with van der Waals surface area (Å²) in [6.07, 6.45) is 8.22. The van der Waals surface area contributed by atoms with Crippen molar-refractivity contribution in [2.24, 2.45) is 0 Å². The molecule has 1 aliphatic rings. The zero-order valence-corrected chi connectivity index (χ0v) is 12.5. The smallest absolute Gasteiger partial charge is 0.251 e. The fourth-order valence-corrected chi connectivity index (χ4v) is 2.50. The Morgan fingerprint density at radius 3 is 2.89 bits per heavy atom. The van der Waals surface area contributed by atoms with Crippen LogP contribution >= 0.6 is 15.9 Å². The molecular weight excluding hydrogens is 304 g/mol. The predicted octanol–water partition coefficient (Wildman–Crippen LogP) is 3.65. The summed E-state index contributed by atoms with van der Waals surface area (Å²) in [7, 11) is 0. The van der Waals surface area contributed by atoms with E-state index in [0.29, 0.717) is 17.8 Å². The van der Waals surface area contributed by atoms with E-state index in [-0.39, 0.29) is 5.91 Å². The van der Waals surface area contributed by atoms with Crippen LogP contribution in [0.25, 0.3) is 0 Å². The van der Waals surface area contributed by atoms with Crippen molar-refractivity contribution in [2.75, 3.05) is 12.3 Å². The van der Waals surface area contributed by atoms with Gasteiger partial charge in [-0.15, -0.1) is 0 Å². The number of anilines is 1. The maximum absolute atomic E-state index is 11.9. The van der Waals surface area contributed by atoms with E-state index in [1.807, 2.05) is 0 Å². The number of hydrogen-bond acceptors (Lipinski definition) is 2. The van der Waals surface area contributed by atoms with Crippen LogP contribution in [0.1, 0.15) is 42.5 Å². The lowest BCUT2D eigenvalue weighted by Gasteiger charge is -2.13. The van der Waals surface area contributed by atoms with Crippen LogP contribution in [0.4, 0.5) is 5.69 Å². The highest BCUT2D eigenvalue weighted by Gasteiger charge is 2.08. The van der Waals surface area contributed by atoms with Crippen molar-refractivity contribution >= 4 is 27.5 Å². The van der Waals surface area contributed by atoms with Crippen molar-refractivity contribution in [1.29, 1.82) is 0 Å². The van der Waals surface area contributed by atoms with E-state index < -0.39 is 0 Å². The Balaban J connectivity index is 1.83. The second kappa shape index (κ2) is 6.75. The first-order valence-corrected chi connectivity index (χ1v) is 7.47. The van der Waals surface area contributed by atoms with Gasteiger partial charge in [0.25, 0.3) is 5.91 Å². The topological polar surface area (TPSA) is 55.1 Å². The van der Waals surface area contributed by atoms with Gasteiger partial charge < -0.3 is 11.1 Å². The van der Waals surface area contributed by atoms with E-state index in [1.165, 1.54) is 31.3 Å². The Kier molecular flexibility index (Phi) is 5.02.